The van der Waals surface area contributed by atoms with Crippen molar-refractivity contribution in [2.75, 3.05) is 11.9 Å². The van der Waals surface area contributed by atoms with Gasteiger partial charge >= 0.3 is 0 Å². The lowest BCUT2D eigenvalue weighted by Crippen LogP contribution is -2.48. The molecule has 1 aromatic rings. The van der Waals surface area contributed by atoms with Crippen LogP contribution in [-0.4, -0.2) is 33.8 Å². The Labute approximate surface area is 153 Å². The van der Waals surface area contributed by atoms with Gasteiger partial charge in [0.05, 0.1) is 17.6 Å². The fraction of sp³-hybridized carbons (Fsp3) is 0.588. The molecule has 8 heteroatoms. The maximum Gasteiger partial charge on any atom is 0.269 e. The fourth-order valence-corrected chi connectivity index (χ4v) is 3.29. The van der Waals surface area contributed by atoms with Gasteiger partial charge in [-0.25, -0.2) is 0 Å². The minimum absolute atomic E-state index is 0.00538. The van der Waals surface area contributed by atoms with Gasteiger partial charge in [-0.05, 0) is 38.6 Å². The zero-order valence-electron chi connectivity index (χ0n) is 15.0. The number of anilines is 1. The third-order valence-electron chi connectivity index (χ3n) is 4.50. The lowest BCUT2D eigenvalue weighted by atomic mass is 9.78. The van der Waals surface area contributed by atoms with Crippen molar-refractivity contribution in [1.82, 2.24) is 10.6 Å². The Balaban J connectivity index is 2.36. The number of benzene rings is 1. The molecule has 25 heavy (non-hydrogen) atoms. The summed E-state index contributed by atoms with van der Waals surface area (Å²) in [5.41, 5.74) is 1.35. The topological polar surface area (TPSA) is 99.5 Å². The summed E-state index contributed by atoms with van der Waals surface area (Å²) in [6, 6.07) is 4.82. The summed E-state index contributed by atoms with van der Waals surface area (Å²) in [6.45, 7) is 8.00. The Kier molecular flexibility index (Phi) is 5.84. The first kappa shape index (κ1) is 19.4. The third-order valence-corrected chi connectivity index (χ3v) is 4.73. The molecule has 0 aliphatic carbocycles. The second-order valence-corrected chi connectivity index (χ2v) is 7.84. The number of aliphatic hydroxyl groups is 1. The summed E-state index contributed by atoms with van der Waals surface area (Å²) in [4.78, 5) is 10.7. The fourth-order valence-electron chi connectivity index (χ4n) is 2.92. The summed E-state index contributed by atoms with van der Waals surface area (Å²) < 4.78 is 0. The van der Waals surface area contributed by atoms with E-state index >= 15 is 0 Å². The number of hydrogen-bond donors (Lipinski definition) is 4. The summed E-state index contributed by atoms with van der Waals surface area (Å²) in [5, 5.41) is 31.2. The first-order valence-corrected chi connectivity index (χ1v) is 8.77. The molecule has 1 aliphatic heterocycles. The molecule has 0 aromatic heterocycles. The maximum absolute atomic E-state index is 11.1. The monoisotopic (exact) mass is 366 g/mol. The molecule has 2 rings (SSSR count). The molecule has 0 fully saturated rings. The zero-order valence-corrected chi connectivity index (χ0v) is 15.8. The van der Waals surface area contributed by atoms with E-state index in [9.17, 15) is 15.2 Å². The van der Waals surface area contributed by atoms with Crippen LogP contribution in [0.25, 0.3) is 0 Å². The number of nitro groups is 1. The van der Waals surface area contributed by atoms with Crippen LogP contribution in [0.5, 0.6) is 0 Å². The van der Waals surface area contributed by atoms with Crippen LogP contribution >= 0.6 is 12.2 Å². The molecule has 0 amide bonds. The van der Waals surface area contributed by atoms with Crippen LogP contribution in [0.15, 0.2) is 18.2 Å². The Morgan fingerprint density at radius 1 is 1.52 bits per heavy atom. The zero-order chi connectivity index (χ0) is 18.8. The van der Waals surface area contributed by atoms with Crippen LogP contribution in [0.4, 0.5) is 11.4 Å². The predicted molar refractivity (Wildman–Crippen MR) is 103 cm³/mol. The molecule has 0 unspecified atom stereocenters. The predicted octanol–water partition coefficient (Wildman–Crippen LogP) is 2.71. The van der Waals surface area contributed by atoms with E-state index in [0.29, 0.717) is 11.5 Å². The van der Waals surface area contributed by atoms with Crippen LogP contribution in [0, 0.1) is 15.5 Å². The van der Waals surface area contributed by atoms with E-state index in [1.807, 2.05) is 27.7 Å². The highest BCUT2D eigenvalue weighted by atomic mass is 32.1. The van der Waals surface area contributed by atoms with Crippen molar-refractivity contribution in [3.8, 4) is 0 Å². The second-order valence-electron chi connectivity index (χ2n) is 7.43. The number of nitrogens with zero attached hydrogens (tertiary/aromatic N) is 1. The largest absolute Gasteiger partial charge is 0.396 e. The van der Waals surface area contributed by atoms with Gasteiger partial charge < -0.3 is 21.1 Å². The molecular weight excluding hydrogens is 340 g/mol. The van der Waals surface area contributed by atoms with Crippen LogP contribution in [-0.2, 0) is 0 Å². The molecule has 0 spiro atoms. The Morgan fingerprint density at radius 2 is 2.20 bits per heavy atom. The maximum atomic E-state index is 11.1. The molecule has 1 aromatic carbocycles. The van der Waals surface area contributed by atoms with Gasteiger partial charge in [0.2, 0.25) is 0 Å². The average molecular weight is 366 g/mol. The normalized spacial score (nSPS) is 19.8. The Bertz CT molecular complexity index is 663. The molecule has 0 radical (unpaired) electrons. The van der Waals surface area contributed by atoms with Crippen molar-refractivity contribution >= 4 is 28.7 Å². The number of rotatable bonds is 5. The quantitative estimate of drug-likeness (QED) is 0.361. The smallest absolute Gasteiger partial charge is 0.269 e. The van der Waals surface area contributed by atoms with Gasteiger partial charge in [0, 0.05) is 40.9 Å². The molecule has 138 valence electrons. The Morgan fingerprint density at radius 3 is 2.76 bits per heavy atom. The molecule has 1 aliphatic rings. The van der Waals surface area contributed by atoms with Crippen molar-refractivity contribution in [2.24, 2.45) is 5.41 Å². The van der Waals surface area contributed by atoms with Gasteiger partial charge in [-0.2, -0.15) is 0 Å². The molecule has 0 bridgehead atoms. The Hall–Kier alpha value is -1.93. The molecule has 0 saturated heterocycles. The highest BCUT2D eigenvalue weighted by Gasteiger charge is 2.37. The molecule has 0 saturated carbocycles. The second kappa shape index (κ2) is 7.53. The lowest BCUT2D eigenvalue weighted by Gasteiger charge is -2.41. The number of thiocarbonyl (C=S) groups is 1. The van der Waals surface area contributed by atoms with Crippen molar-refractivity contribution in [2.45, 2.75) is 52.2 Å². The molecular formula is C17H26N4O3S. The van der Waals surface area contributed by atoms with E-state index in [1.54, 1.807) is 12.1 Å². The van der Waals surface area contributed by atoms with Gasteiger partial charge in [-0.15, -0.1) is 0 Å². The van der Waals surface area contributed by atoms with Crippen molar-refractivity contribution < 1.29 is 10.0 Å². The molecule has 1 heterocycles. The van der Waals surface area contributed by atoms with E-state index in [2.05, 4.69) is 16.0 Å². The molecule has 4 N–H and O–H groups in total. The van der Waals surface area contributed by atoms with E-state index in [1.165, 1.54) is 6.07 Å². The van der Waals surface area contributed by atoms with E-state index in [0.717, 1.165) is 11.3 Å². The lowest BCUT2D eigenvalue weighted by molar-refractivity contribution is -0.384. The first-order valence-electron chi connectivity index (χ1n) is 8.37. The first-order chi connectivity index (χ1) is 11.6. The third kappa shape index (κ3) is 4.58. The van der Waals surface area contributed by atoms with E-state index in [-0.39, 0.29) is 35.8 Å². The number of non-ortho nitro benzene ring substituents is 1. The molecule has 7 nitrogen and oxygen atoms in total. The van der Waals surface area contributed by atoms with Gasteiger partial charge in [0.15, 0.2) is 5.11 Å². The van der Waals surface area contributed by atoms with Gasteiger partial charge in [0.25, 0.3) is 5.69 Å². The minimum Gasteiger partial charge on any atom is -0.396 e. The highest BCUT2D eigenvalue weighted by Crippen LogP contribution is 2.40. The average Bonchev–Trinajstić information content (AvgIpc) is 2.53. The van der Waals surface area contributed by atoms with Crippen LogP contribution in [0.3, 0.4) is 0 Å². The van der Waals surface area contributed by atoms with Crippen LogP contribution < -0.4 is 16.0 Å². The van der Waals surface area contributed by atoms with Crippen LogP contribution in [0.1, 0.15) is 45.7 Å². The number of fused-ring (bicyclic) bond motifs is 1. The van der Waals surface area contributed by atoms with E-state index in [4.69, 9.17) is 12.2 Å². The van der Waals surface area contributed by atoms with Crippen LogP contribution in [0.2, 0.25) is 0 Å². The van der Waals surface area contributed by atoms with Gasteiger partial charge in [-0.3, -0.25) is 10.1 Å². The number of nitrogens with one attached hydrogen (secondary N) is 3. The minimum atomic E-state index is -0.397. The van der Waals surface area contributed by atoms with Gasteiger partial charge in [0.1, 0.15) is 0 Å². The van der Waals surface area contributed by atoms with Gasteiger partial charge in [-0.1, -0.05) is 13.8 Å². The summed E-state index contributed by atoms with van der Waals surface area (Å²) in [6.07, 6.45) is 0.654. The van der Waals surface area contributed by atoms with Crippen molar-refractivity contribution in [3.05, 3.63) is 33.9 Å². The molecule has 2 atom stereocenters. The van der Waals surface area contributed by atoms with Crippen molar-refractivity contribution in [1.29, 1.82) is 0 Å². The number of aliphatic hydroxyl groups excluding tert-OH is 1. The summed E-state index contributed by atoms with van der Waals surface area (Å²) in [5.74, 6) is 0. The van der Waals surface area contributed by atoms with Crippen molar-refractivity contribution in [3.63, 3.8) is 0 Å². The standard InChI is InChI=1S/C17H26N4O3S/c1-10(2)18-16(25)20-14-8-15(17(3,4)9-22)19-13-6-5-11(21(23)24)7-12(13)14/h5-7,10,14-15,19,22H,8-9H2,1-4H3,(H2,18,20,25)/t14-,15-/m0/s1. The SMILES string of the molecule is CC(C)NC(=S)N[C@H]1C[C@@H](C(C)(C)CO)Nc2ccc([N+](=O)[O-])cc21. The highest BCUT2D eigenvalue weighted by molar-refractivity contribution is 7.80. The number of nitro benzene ring substituents is 1. The van der Waals surface area contributed by atoms with E-state index < -0.39 is 4.92 Å². The summed E-state index contributed by atoms with van der Waals surface area (Å²) in [7, 11) is 0. The summed E-state index contributed by atoms with van der Waals surface area (Å²) >= 11 is 5.36. The number of hydrogen-bond acceptors (Lipinski definition) is 5.